The molecule has 1 aliphatic heterocycles. The number of urea groups is 1. The van der Waals surface area contributed by atoms with Gasteiger partial charge < -0.3 is 25.0 Å². The van der Waals surface area contributed by atoms with Gasteiger partial charge in [0.1, 0.15) is 29.5 Å². The van der Waals surface area contributed by atoms with E-state index >= 15 is 0 Å². The number of hydrogen-bond acceptors (Lipinski definition) is 8. The molecule has 10 nitrogen and oxygen atoms in total. The number of amides is 2. The zero-order chi connectivity index (χ0) is 28.8. The standard InChI is InChI=1S/C30H32IN7O3/c1-21-6-4-5-7-25(21)35-30(39)38(23-10-8-22(9-11-23)36-14-16-37(31)17-15-36)29-19-28(32-20-33-29)34-26-13-12-24(40-2)18-27(26)41-3/h4-13,18-20H,14-17H2,1-3H3,(H,35,39)(H,32,33,34). The van der Waals surface area contributed by atoms with Gasteiger partial charge in [-0.25, -0.2) is 22.8 Å². The molecule has 1 saturated heterocycles. The first-order valence-electron chi connectivity index (χ1n) is 13.2. The number of piperazine rings is 1. The molecule has 5 rings (SSSR count). The molecule has 0 aliphatic carbocycles. The highest BCUT2D eigenvalue weighted by atomic mass is 127. The number of aromatic nitrogens is 2. The van der Waals surface area contributed by atoms with Crippen LogP contribution in [0.25, 0.3) is 0 Å². The molecule has 11 heteroatoms. The minimum Gasteiger partial charge on any atom is -0.497 e. The van der Waals surface area contributed by atoms with Gasteiger partial charge in [-0.05, 0) is 55.0 Å². The maximum absolute atomic E-state index is 13.8. The summed E-state index contributed by atoms with van der Waals surface area (Å²) in [5.41, 5.74) is 4.19. The number of carbonyl (C=O) groups is 1. The van der Waals surface area contributed by atoms with E-state index in [1.807, 2.05) is 55.5 Å². The van der Waals surface area contributed by atoms with Crippen LogP contribution in [0.4, 0.5) is 39.2 Å². The SMILES string of the molecule is COc1ccc(Nc2cc(N(C(=O)Nc3ccccc3C)c3ccc(N4CCN(I)CC4)cc3)ncn2)c(OC)c1. The van der Waals surface area contributed by atoms with Gasteiger partial charge in [-0.3, -0.25) is 0 Å². The monoisotopic (exact) mass is 665 g/mol. The first kappa shape index (κ1) is 28.4. The lowest BCUT2D eigenvalue weighted by Crippen LogP contribution is -2.42. The fourth-order valence-electron chi connectivity index (χ4n) is 4.57. The molecule has 1 aliphatic rings. The van der Waals surface area contributed by atoms with Crippen molar-refractivity contribution in [2.75, 3.05) is 60.8 Å². The molecule has 3 aromatic carbocycles. The first-order chi connectivity index (χ1) is 19.9. The molecule has 2 N–H and O–H groups in total. The van der Waals surface area contributed by atoms with Crippen LogP contribution < -0.4 is 29.9 Å². The van der Waals surface area contributed by atoms with Gasteiger partial charge in [-0.1, -0.05) is 18.2 Å². The molecule has 1 aromatic heterocycles. The smallest absolute Gasteiger partial charge is 0.332 e. The molecule has 2 amide bonds. The average Bonchev–Trinajstić information content (AvgIpc) is 3.00. The molecule has 0 radical (unpaired) electrons. The molecular weight excluding hydrogens is 633 g/mol. The average molecular weight is 666 g/mol. The third-order valence-electron chi connectivity index (χ3n) is 6.84. The number of halogens is 1. The molecule has 41 heavy (non-hydrogen) atoms. The number of carbonyl (C=O) groups excluding carboxylic acids is 1. The fourth-order valence-corrected chi connectivity index (χ4v) is 5.00. The van der Waals surface area contributed by atoms with Crippen LogP contribution in [0.15, 0.2) is 79.1 Å². The van der Waals surface area contributed by atoms with E-state index in [4.69, 9.17) is 9.47 Å². The predicted molar refractivity (Wildman–Crippen MR) is 171 cm³/mol. The molecule has 4 aromatic rings. The van der Waals surface area contributed by atoms with Crippen LogP contribution in [0, 0.1) is 6.92 Å². The highest BCUT2D eigenvalue weighted by Gasteiger charge is 2.22. The summed E-state index contributed by atoms with van der Waals surface area (Å²) in [4.78, 5) is 26.6. The van der Waals surface area contributed by atoms with E-state index in [-0.39, 0.29) is 6.03 Å². The zero-order valence-electron chi connectivity index (χ0n) is 23.2. The highest BCUT2D eigenvalue weighted by molar-refractivity contribution is 14.1. The number of hydrogen-bond donors (Lipinski definition) is 2. The summed E-state index contributed by atoms with van der Waals surface area (Å²) in [6.07, 6.45) is 1.43. The molecule has 0 bridgehead atoms. The summed E-state index contributed by atoms with van der Waals surface area (Å²) in [5.74, 6) is 2.18. The Morgan fingerprint density at radius 2 is 1.66 bits per heavy atom. The van der Waals surface area contributed by atoms with Crippen LogP contribution in [0.2, 0.25) is 0 Å². The van der Waals surface area contributed by atoms with Crippen LogP contribution in [-0.2, 0) is 0 Å². The molecule has 0 saturated carbocycles. The number of benzene rings is 3. The van der Waals surface area contributed by atoms with Gasteiger partial charge >= 0.3 is 6.03 Å². The number of ether oxygens (including phenoxy) is 2. The number of methoxy groups -OCH3 is 2. The van der Waals surface area contributed by atoms with Crippen molar-refractivity contribution in [1.82, 2.24) is 13.1 Å². The van der Waals surface area contributed by atoms with Crippen LogP contribution in [-0.4, -0.2) is 59.5 Å². The van der Waals surface area contributed by atoms with Gasteiger partial charge in [0.15, 0.2) is 0 Å². The minimum absolute atomic E-state index is 0.336. The van der Waals surface area contributed by atoms with Gasteiger partial charge in [0, 0.05) is 72.6 Å². The number of nitrogens with one attached hydrogen (secondary N) is 2. The Labute approximate surface area is 253 Å². The van der Waals surface area contributed by atoms with Gasteiger partial charge in [0.25, 0.3) is 0 Å². The van der Waals surface area contributed by atoms with Gasteiger partial charge in [0.2, 0.25) is 0 Å². The van der Waals surface area contributed by atoms with E-state index in [0.29, 0.717) is 34.5 Å². The lowest BCUT2D eigenvalue weighted by molar-refractivity contribution is 0.259. The zero-order valence-corrected chi connectivity index (χ0v) is 25.3. The minimum atomic E-state index is -0.336. The summed E-state index contributed by atoms with van der Waals surface area (Å²) >= 11 is 2.37. The summed E-state index contributed by atoms with van der Waals surface area (Å²) in [7, 11) is 3.20. The second-order valence-corrected chi connectivity index (χ2v) is 10.8. The van der Waals surface area contributed by atoms with Crippen LogP contribution in [0.3, 0.4) is 0 Å². The summed E-state index contributed by atoms with van der Waals surface area (Å²) < 4.78 is 13.1. The third kappa shape index (κ3) is 6.80. The molecule has 0 atom stereocenters. The Bertz CT molecular complexity index is 1490. The van der Waals surface area contributed by atoms with Crippen molar-refractivity contribution in [3.63, 3.8) is 0 Å². The van der Waals surface area contributed by atoms with Gasteiger partial charge in [-0.15, -0.1) is 0 Å². The second-order valence-electron chi connectivity index (χ2n) is 9.45. The van der Waals surface area contributed by atoms with Crippen LogP contribution >= 0.6 is 22.9 Å². The van der Waals surface area contributed by atoms with Crippen molar-refractivity contribution in [3.05, 3.63) is 84.7 Å². The summed E-state index contributed by atoms with van der Waals surface area (Å²) in [6.45, 7) is 5.87. The van der Waals surface area contributed by atoms with E-state index in [1.54, 1.807) is 31.3 Å². The highest BCUT2D eigenvalue weighted by Crippen LogP contribution is 2.33. The quantitative estimate of drug-likeness (QED) is 0.165. The summed E-state index contributed by atoms with van der Waals surface area (Å²) in [5, 5.41) is 6.32. The number of nitrogens with zero attached hydrogens (tertiary/aromatic N) is 5. The molecule has 2 heterocycles. The van der Waals surface area contributed by atoms with Crippen LogP contribution in [0.1, 0.15) is 5.56 Å². The van der Waals surface area contributed by atoms with Crippen molar-refractivity contribution in [1.29, 1.82) is 0 Å². The van der Waals surface area contributed by atoms with Crippen molar-refractivity contribution >= 4 is 63.3 Å². The van der Waals surface area contributed by atoms with Gasteiger partial charge in [0.05, 0.1) is 25.6 Å². The lowest BCUT2D eigenvalue weighted by atomic mass is 10.2. The number of rotatable bonds is 8. The Balaban J connectivity index is 1.46. The Kier molecular flexibility index (Phi) is 9.04. The molecule has 0 spiro atoms. The number of anilines is 6. The predicted octanol–water partition coefficient (Wildman–Crippen LogP) is 6.39. The maximum Gasteiger partial charge on any atom is 0.332 e. The van der Waals surface area contributed by atoms with Crippen molar-refractivity contribution < 1.29 is 14.3 Å². The van der Waals surface area contributed by atoms with Crippen molar-refractivity contribution in [3.8, 4) is 11.5 Å². The normalized spacial score (nSPS) is 13.4. The number of para-hydroxylation sites is 1. The number of aryl methyl sites for hydroxylation is 1. The molecule has 0 unspecified atom stereocenters. The summed E-state index contributed by atoms with van der Waals surface area (Å²) in [6, 6.07) is 22.5. The van der Waals surface area contributed by atoms with Crippen molar-refractivity contribution in [2.24, 2.45) is 0 Å². The van der Waals surface area contributed by atoms with E-state index < -0.39 is 0 Å². The maximum atomic E-state index is 13.8. The van der Waals surface area contributed by atoms with E-state index in [9.17, 15) is 4.79 Å². The Morgan fingerprint density at radius 1 is 0.902 bits per heavy atom. The van der Waals surface area contributed by atoms with Gasteiger partial charge in [-0.2, -0.15) is 0 Å². The molecule has 1 fully saturated rings. The topological polar surface area (TPSA) is 95.1 Å². The Morgan fingerprint density at radius 3 is 2.37 bits per heavy atom. The van der Waals surface area contributed by atoms with E-state index in [2.05, 4.69) is 63.6 Å². The Hall–Kier alpha value is -4.10. The van der Waals surface area contributed by atoms with E-state index in [0.717, 1.165) is 43.1 Å². The van der Waals surface area contributed by atoms with Crippen LogP contribution in [0.5, 0.6) is 11.5 Å². The molecule has 212 valence electrons. The van der Waals surface area contributed by atoms with Crippen molar-refractivity contribution in [2.45, 2.75) is 6.92 Å². The first-order valence-corrected chi connectivity index (χ1v) is 14.1. The molecular formula is C30H32IN7O3. The van der Waals surface area contributed by atoms with E-state index in [1.165, 1.54) is 6.33 Å². The lowest BCUT2D eigenvalue weighted by Gasteiger charge is -2.33. The third-order valence-corrected chi connectivity index (χ3v) is 7.81. The largest absolute Gasteiger partial charge is 0.497 e. The second kappa shape index (κ2) is 13.0. The fraction of sp³-hybridized carbons (Fsp3) is 0.233.